The van der Waals surface area contributed by atoms with Gasteiger partial charge in [-0.1, -0.05) is 0 Å². The first-order chi connectivity index (χ1) is 9.32. The number of rotatable bonds is 3. The third-order valence-electron chi connectivity index (χ3n) is 2.82. The second kappa shape index (κ2) is 5.43. The molecule has 2 rings (SSSR count). The summed E-state index contributed by atoms with van der Waals surface area (Å²) >= 11 is 0. The minimum atomic E-state index is -4.23. The van der Waals surface area contributed by atoms with E-state index in [0.29, 0.717) is 6.07 Å². The third-order valence-corrected chi connectivity index (χ3v) is 4.71. The molecule has 1 aromatic carbocycles. The number of carbonyl (C=O) groups is 1. The van der Waals surface area contributed by atoms with Crippen molar-refractivity contribution in [2.24, 2.45) is 0 Å². The van der Waals surface area contributed by atoms with E-state index in [2.05, 4.69) is 0 Å². The number of sulfonamides is 1. The molecule has 1 unspecified atom stereocenters. The fourth-order valence-corrected chi connectivity index (χ4v) is 3.29. The van der Waals surface area contributed by atoms with Gasteiger partial charge in [-0.05, 0) is 12.1 Å². The summed E-state index contributed by atoms with van der Waals surface area (Å²) in [6.07, 6.45) is -1.30. The molecule has 1 heterocycles. The molecule has 20 heavy (non-hydrogen) atoms. The SMILES string of the molecule is O=C(O)C1CN(S(=O)(=O)c2ccc(F)cc2F)CCO1. The van der Waals surface area contributed by atoms with E-state index in [1.54, 1.807) is 0 Å². The van der Waals surface area contributed by atoms with Crippen LogP contribution in [-0.4, -0.2) is 49.6 Å². The largest absolute Gasteiger partial charge is 0.479 e. The summed E-state index contributed by atoms with van der Waals surface area (Å²) in [7, 11) is -4.23. The van der Waals surface area contributed by atoms with Crippen LogP contribution in [0.25, 0.3) is 0 Å². The summed E-state index contributed by atoms with van der Waals surface area (Å²) in [5.74, 6) is -3.42. The van der Waals surface area contributed by atoms with E-state index in [0.717, 1.165) is 16.4 Å². The van der Waals surface area contributed by atoms with Gasteiger partial charge >= 0.3 is 5.97 Å². The van der Waals surface area contributed by atoms with Gasteiger partial charge in [0.05, 0.1) is 13.2 Å². The van der Waals surface area contributed by atoms with E-state index in [4.69, 9.17) is 9.84 Å². The van der Waals surface area contributed by atoms with Crippen molar-refractivity contribution in [1.82, 2.24) is 4.31 Å². The Kier molecular flexibility index (Phi) is 4.02. The second-order valence-electron chi connectivity index (χ2n) is 4.14. The lowest BCUT2D eigenvalue weighted by molar-refractivity contribution is -0.153. The van der Waals surface area contributed by atoms with Gasteiger partial charge < -0.3 is 9.84 Å². The molecule has 0 radical (unpaired) electrons. The minimum Gasteiger partial charge on any atom is -0.479 e. The van der Waals surface area contributed by atoms with E-state index < -0.39 is 45.2 Å². The minimum absolute atomic E-state index is 0.0943. The molecule has 110 valence electrons. The van der Waals surface area contributed by atoms with Gasteiger partial charge in [0.2, 0.25) is 10.0 Å². The summed E-state index contributed by atoms with van der Waals surface area (Å²) < 4.78 is 56.5. The lowest BCUT2D eigenvalue weighted by atomic mass is 10.3. The summed E-state index contributed by atoms with van der Waals surface area (Å²) in [5.41, 5.74) is 0. The van der Waals surface area contributed by atoms with Crippen LogP contribution >= 0.6 is 0 Å². The van der Waals surface area contributed by atoms with Crippen molar-refractivity contribution in [2.45, 2.75) is 11.0 Å². The van der Waals surface area contributed by atoms with Crippen LogP contribution in [0.1, 0.15) is 0 Å². The Morgan fingerprint density at radius 3 is 2.70 bits per heavy atom. The van der Waals surface area contributed by atoms with Crippen molar-refractivity contribution < 1.29 is 31.8 Å². The first kappa shape index (κ1) is 14.8. The number of carboxylic acid groups (broad SMARTS) is 1. The molecule has 0 saturated carbocycles. The first-order valence-corrected chi connectivity index (χ1v) is 7.06. The molecule has 1 aromatic rings. The molecule has 0 aromatic heterocycles. The van der Waals surface area contributed by atoms with Gasteiger partial charge in [-0.15, -0.1) is 0 Å². The Bertz CT molecular complexity index is 634. The smallest absolute Gasteiger partial charge is 0.334 e. The summed E-state index contributed by atoms with van der Waals surface area (Å²) in [5, 5.41) is 8.81. The van der Waals surface area contributed by atoms with Gasteiger partial charge in [-0.2, -0.15) is 4.31 Å². The van der Waals surface area contributed by atoms with Gasteiger partial charge in [-0.25, -0.2) is 22.0 Å². The number of ether oxygens (including phenoxy) is 1. The Morgan fingerprint density at radius 1 is 1.40 bits per heavy atom. The van der Waals surface area contributed by atoms with Crippen molar-refractivity contribution in [2.75, 3.05) is 19.7 Å². The van der Waals surface area contributed by atoms with Crippen molar-refractivity contribution >= 4 is 16.0 Å². The lowest BCUT2D eigenvalue weighted by Crippen LogP contribution is -2.48. The second-order valence-corrected chi connectivity index (χ2v) is 6.04. The van der Waals surface area contributed by atoms with Crippen molar-refractivity contribution in [3.05, 3.63) is 29.8 Å². The third kappa shape index (κ3) is 2.79. The zero-order valence-corrected chi connectivity index (χ0v) is 10.9. The molecule has 0 spiro atoms. The van der Waals surface area contributed by atoms with Gasteiger partial charge in [0.15, 0.2) is 6.10 Å². The molecule has 1 aliphatic rings. The number of benzene rings is 1. The maximum atomic E-state index is 13.6. The first-order valence-electron chi connectivity index (χ1n) is 5.62. The molecule has 6 nitrogen and oxygen atoms in total. The molecule has 1 aliphatic heterocycles. The maximum Gasteiger partial charge on any atom is 0.334 e. The molecule has 1 fully saturated rings. The van der Waals surface area contributed by atoms with Gasteiger partial charge in [-0.3, -0.25) is 0 Å². The van der Waals surface area contributed by atoms with E-state index in [9.17, 15) is 22.0 Å². The number of hydrogen-bond acceptors (Lipinski definition) is 4. The van der Waals surface area contributed by atoms with E-state index >= 15 is 0 Å². The van der Waals surface area contributed by atoms with Crippen LogP contribution in [0, 0.1) is 11.6 Å². The molecule has 0 aliphatic carbocycles. The number of hydrogen-bond donors (Lipinski definition) is 1. The van der Waals surface area contributed by atoms with Crippen LogP contribution in [-0.2, 0) is 19.6 Å². The fraction of sp³-hybridized carbons (Fsp3) is 0.364. The molecular formula is C11H11F2NO5S. The van der Waals surface area contributed by atoms with E-state index in [-0.39, 0.29) is 13.2 Å². The monoisotopic (exact) mass is 307 g/mol. The van der Waals surface area contributed by atoms with Gasteiger partial charge in [0.25, 0.3) is 0 Å². The predicted octanol–water partition coefficient (Wildman–Crippen LogP) is 0.439. The highest BCUT2D eigenvalue weighted by Crippen LogP contribution is 2.22. The molecular weight excluding hydrogens is 296 g/mol. The highest BCUT2D eigenvalue weighted by atomic mass is 32.2. The standard InChI is InChI=1S/C11H11F2NO5S/c12-7-1-2-10(8(13)5-7)20(17,18)14-3-4-19-9(6-14)11(15)16/h1-2,5,9H,3-4,6H2,(H,15,16). The van der Waals surface area contributed by atoms with E-state index in [1.807, 2.05) is 0 Å². The number of carboxylic acids is 1. The van der Waals surface area contributed by atoms with Crippen LogP contribution in [0.3, 0.4) is 0 Å². The van der Waals surface area contributed by atoms with Crippen LogP contribution < -0.4 is 0 Å². The predicted molar refractivity (Wildman–Crippen MR) is 62.5 cm³/mol. The average Bonchev–Trinajstić information content (AvgIpc) is 2.38. The summed E-state index contributed by atoms with van der Waals surface area (Å²) in [4.78, 5) is 10.1. The fourth-order valence-electron chi connectivity index (χ4n) is 1.82. The quantitative estimate of drug-likeness (QED) is 0.876. The number of aliphatic carboxylic acids is 1. The zero-order valence-electron chi connectivity index (χ0n) is 10.1. The van der Waals surface area contributed by atoms with Crippen LogP contribution in [0.5, 0.6) is 0 Å². The molecule has 1 N–H and O–H groups in total. The Morgan fingerprint density at radius 2 is 2.10 bits per heavy atom. The van der Waals surface area contributed by atoms with Gasteiger partial charge in [0.1, 0.15) is 16.5 Å². The molecule has 1 saturated heterocycles. The highest BCUT2D eigenvalue weighted by Gasteiger charge is 2.35. The van der Waals surface area contributed by atoms with Crippen LogP contribution in [0.4, 0.5) is 8.78 Å². The Balaban J connectivity index is 2.32. The molecule has 0 bridgehead atoms. The van der Waals surface area contributed by atoms with Crippen molar-refractivity contribution in [3.63, 3.8) is 0 Å². The van der Waals surface area contributed by atoms with Crippen molar-refractivity contribution in [1.29, 1.82) is 0 Å². The lowest BCUT2D eigenvalue weighted by Gasteiger charge is -2.30. The molecule has 1 atom stereocenters. The topological polar surface area (TPSA) is 83.9 Å². The average molecular weight is 307 g/mol. The maximum absolute atomic E-state index is 13.6. The summed E-state index contributed by atoms with van der Waals surface area (Å²) in [6.45, 7) is -0.629. The number of nitrogens with zero attached hydrogens (tertiary/aromatic N) is 1. The normalized spacial score (nSPS) is 20.8. The Hall–Kier alpha value is -1.58. The summed E-state index contributed by atoms with van der Waals surface area (Å²) in [6, 6.07) is 2.10. The number of halogens is 2. The van der Waals surface area contributed by atoms with Crippen molar-refractivity contribution in [3.8, 4) is 0 Å². The Labute approximate surface area is 113 Å². The van der Waals surface area contributed by atoms with Gasteiger partial charge in [0, 0.05) is 12.6 Å². The van der Waals surface area contributed by atoms with E-state index in [1.165, 1.54) is 0 Å². The van der Waals surface area contributed by atoms with Crippen LogP contribution in [0.2, 0.25) is 0 Å². The molecule has 0 amide bonds. The molecule has 9 heteroatoms. The zero-order chi connectivity index (χ0) is 14.9. The van der Waals surface area contributed by atoms with Crippen LogP contribution in [0.15, 0.2) is 23.1 Å². The number of morpholine rings is 1. The highest BCUT2D eigenvalue weighted by molar-refractivity contribution is 7.89.